The fraction of sp³-hybridized carbons (Fsp3) is 0.750. The predicted octanol–water partition coefficient (Wildman–Crippen LogP) is -0.759. The Hall–Kier alpha value is -0.990. The number of nitrogens with one attached hydrogen (secondary N) is 2. The third-order valence-electron chi connectivity index (χ3n) is 2.44. The summed E-state index contributed by atoms with van der Waals surface area (Å²) in [7, 11) is -3.28. The van der Waals surface area contributed by atoms with E-state index in [0.717, 1.165) is 19.4 Å². The van der Waals surface area contributed by atoms with Crippen LogP contribution in [0.3, 0.4) is 0 Å². The van der Waals surface area contributed by atoms with Gasteiger partial charge in [-0.3, -0.25) is 0 Å². The van der Waals surface area contributed by atoms with Gasteiger partial charge in [-0.1, -0.05) is 5.16 Å². The summed E-state index contributed by atoms with van der Waals surface area (Å²) < 4.78 is 30.2. The molecule has 0 radical (unpaired) electrons. The summed E-state index contributed by atoms with van der Waals surface area (Å²) in [6.45, 7) is 0.969. The third-order valence-corrected chi connectivity index (χ3v) is 3.87. The van der Waals surface area contributed by atoms with Crippen LogP contribution in [0.5, 0.6) is 0 Å². The van der Waals surface area contributed by atoms with Crippen LogP contribution in [0.1, 0.15) is 18.7 Å². The van der Waals surface area contributed by atoms with E-state index in [-0.39, 0.29) is 18.3 Å². The Labute approximate surface area is 93.7 Å². The number of hydrogen-bond donors (Lipinski definition) is 2. The van der Waals surface area contributed by atoms with Gasteiger partial charge in [0.25, 0.3) is 0 Å². The normalized spacial score (nSPS) is 21.4. The highest BCUT2D eigenvalue weighted by molar-refractivity contribution is 7.89. The molecule has 0 aliphatic carbocycles. The molecule has 90 valence electrons. The van der Waals surface area contributed by atoms with Gasteiger partial charge in [-0.2, -0.15) is 4.98 Å². The zero-order valence-electron chi connectivity index (χ0n) is 8.72. The van der Waals surface area contributed by atoms with Gasteiger partial charge in [-0.05, 0) is 19.4 Å². The van der Waals surface area contributed by atoms with Crippen LogP contribution in [0, 0.1) is 0 Å². The number of rotatable bonds is 5. The Morgan fingerprint density at radius 2 is 2.50 bits per heavy atom. The van der Waals surface area contributed by atoms with Crippen LogP contribution < -0.4 is 10.0 Å². The molecule has 2 rings (SSSR count). The summed E-state index contributed by atoms with van der Waals surface area (Å²) in [5.74, 6) is 0.438. The SMILES string of the molecule is O=S(=O)(CC1CCCN1)NCc1ncon1. The number of nitrogens with zero attached hydrogens (tertiary/aromatic N) is 2. The Bertz CT molecular complexity index is 411. The molecule has 1 atom stereocenters. The Morgan fingerprint density at radius 3 is 3.12 bits per heavy atom. The standard InChI is InChI=1S/C8H14N4O3S/c13-16(14,5-7-2-1-3-9-7)11-4-8-10-6-15-12-8/h6-7,9,11H,1-5H2. The van der Waals surface area contributed by atoms with Crippen molar-refractivity contribution in [2.45, 2.75) is 25.4 Å². The Morgan fingerprint density at radius 1 is 1.62 bits per heavy atom. The third kappa shape index (κ3) is 3.26. The van der Waals surface area contributed by atoms with Crippen molar-refractivity contribution in [1.82, 2.24) is 20.2 Å². The van der Waals surface area contributed by atoms with E-state index in [1.165, 1.54) is 6.39 Å². The average Bonchev–Trinajstić information content (AvgIpc) is 2.85. The minimum absolute atomic E-state index is 0.0581. The molecule has 8 heteroatoms. The fourth-order valence-corrected chi connectivity index (χ4v) is 2.95. The van der Waals surface area contributed by atoms with E-state index in [1.807, 2.05) is 0 Å². The van der Waals surface area contributed by atoms with Gasteiger partial charge in [0.1, 0.15) is 0 Å². The lowest BCUT2D eigenvalue weighted by molar-refractivity contribution is 0.409. The van der Waals surface area contributed by atoms with Crippen molar-refractivity contribution in [1.29, 1.82) is 0 Å². The summed E-state index contributed by atoms with van der Waals surface area (Å²) in [6, 6.07) is 0.0581. The molecule has 7 nitrogen and oxygen atoms in total. The highest BCUT2D eigenvalue weighted by Crippen LogP contribution is 2.07. The van der Waals surface area contributed by atoms with Gasteiger partial charge < -0.3 is 9.84 Å². The maximum absolute atomic E-state index is 11.6. The summed E-state index contributed by atoms with van der Waals surface area (Å²) in [5, 5.41) is 6.66. The van der Waals surface area contributed by atoms with Crippen molar-refractivity contribution in [3.63, 3.8) is 0 Å². The molecule has 1 unspecified atom stereocenters. The van der Waals surface area contributed by atoms with Gasteiger partial charge in [-0.15, -0.1) is 0 Å². The topological polar surface area (TPSA) is 97.1 Å². The second kappa shape index (κ2) is 4.89. The summed E-state index contributed by atoms with van der Waals surface area (Å²) in [5.41, 5.74) is 0. The molecule has 1 fully saturated rings. The van der Waals surface area contributed by atoms with Gasteiger partial charge in [0.15, 0.2) is 5.82 Å². The van der Waals surface area contributed by atoms with Crippen LogP contribution >= 0.6 is 0 Å². The lowest BCUT2D eigenvalue weighted by Gasteiger charge is -2.10. The largest absolute Gasteiger partial charge is 0.343 e. The van der Waals surface area contributed by atoms with Crippen molar-refractivity contribution in [2.75, 3.05) is 12.3 Å². The smallest absolute Gasteiger partial charge is 0.213 e. The predicted molar refractivity (Wildman–Crippen MR) is 55.9 cm³/mol. The second-order valence-corrected chi connectivity index (χ2v) is 5.59. The first-order valence-corrected chi connectivity index (χ1v) is 6.77. The molecule has 1 aromatic heterocycles. The minimum Gasteiger partial charge on any atom is -0.343 e. The van der Waals surface area contributed by atoms with Crippen LogP contribution in [-0.2, 0) is 16.6 Å². The van der Waals surface area contributed by atoms with E-state index in [1.54, 1.807) is 0 Å². The van der Waals surface area contributed by atoms with Gasteiger partial charge in [0.2, 0.25) is 16.4 Å². The van der Waals surface area contributed by atoms with Gasteiger partial charge in [-0.25, -0.2) is 13.1 Å². The van der Waals surface area contributed by atoms with E-state index < -0.39 is 10.0 Å². The molecular weight excluding hydrogens is 232 g/mol. The lowest BCUT2D eigenvalue weighted by Crippen LogP contribution is -2.36. The Balaban J connectivity index is 1.82. The first kappa shape index (κ1) is 11.5. The maximum atomic E-state index is 11.6. The van der Waals surface area contributed by atoms with E-state index in [9.17, 15) is 8.42 Å². The summed E-state index contributed by atoms with van der Waals surface area (Å²) in [6.07, 6.45) is 3.11. The van der Waals surface area contributed by atoms with Crippen molar-refractivity contribution in [2.24, 2.45) is 0 Å². The number of hydrogen-bond acceptors (Lipinski definition) is 6. The van der Waals surface area contributed by atoms with Crippen LogP contribution in [0.4, 0.5) is 0 Å². The molecule has 1 aromatic rings. The molecule has 1 saturated heterocycles. The molecule has 0 spiro atoms. The van der Waals surface area contributed by atoms with Crippen LogP contribution in [0.15, 0.2) is 10.9 Å². The van der Waals surface area contributed by atoms with Gasteiger partial charge in [0, 0.05) is 6.04 Å². The molecule has 0 saturated carbocycles. The summed E-state index contributed by atoms with van der Waals surface area (Å²) in [4.78, 5) is 3.73. The second-order valence-electron chi connectivity index (χ2n) is 3.74. The zero-order valence-corrected chi connectivity index (χ0v) is 9.53. The molecular formula is C8H14N4O3S. The van der Waals surface area contributed by atoms with Crippen LogP contribution in [-0.4, -0.2) is 36.9 Å². The maximum Gasteiger partial charge on any atom is 0.213 e. The fourth-order valence-electron chi connectivity index (χ4n) is 1.67. The highest BCUT2D eigenvalue weighted by Gasteiger charge is 2.21. The molecule has 0 aromatic carbocycles. The quantitative estimate of drug-likeness (QED) is 0.709. The first-order valence-electron chi connectivity index (χ1n) is 5.12. The molecule has 1 aliphatic heterocycles. The molecule has 2 heterocycles. The highest BCUT2D eigenvalue weighted by atomic mass is 32.2. The van der Waals surface area contributed by atoms with E-state index >= 15 is 0 Å². The number of aromatic nitrogens is 2. The van der Waals surface area contributed by atoms with Crippen molar-refractivity contribution in [3.8, 4) is 0 Å². The summed E-state index contributed by atoms with van der Waals surface area (Å²) >= 11 is 0. The van der Waals surface area contributed by atoms with Gasteiger partial charge in [0.05, 0.1) is 12.3 Å². The molecule has 0 bridgehead atoms. The van der Waals surface area contributed by atoms with Crippen molar-refractivity contribution >= 4 is 10.0 Å². The molecule has 16 heavy (non-hydrogen) atoms. The lowest BCUT2D eigenvalue weighted by atomic mass is 10.3. The first-order chi connectivity index (χ1) is 7.66. The van der Waals surface area contributed by atoms with Crippen LogP contribution in [0.25, 0.3) is 0 Å². The van der Waals surface area contributed by atoms with E-state index in [0.29, 0.717) is 5.82 Å². The van der Waals surface area contributed by atoms with E-state index in [2.05, 4.69) is 24.7 Å². The minimum atomic E-state index is -3.28. The zero-order chi connectivity index (χ0) is 11.4. The molecule has 1 aliphatic rings. The monoisotopic (exact) mass is 246 g/mol. The van der Waals surface area contributed by atoms with Gasteiger partial charge >= 0.3 is 0 Å². The average molecular weight is 246 g/mol. The molecule has 2 N–H and O–H groups in total. The van der Waals surface area contributed by atoms with Crippen molar-refractivity contribution in [3.05, 3.63) is 12.2 Å². The van der Waals surface area contributed by atoms with E-state index in [4.69, 9.17) is 0 Å². The van der Waals surface area contributed by atoms with Crippen molar-refractivity contribution < 1.29 is 12.9 Å². The number of sulfonamides is 1. The Kier molecular flexibility index (Phi) is 3.52. The van der Waals surface area contributed by atoms with Crippen LogP contribution in [0.2, 0.25) is 0 Å². The molecule has 0 amide bonds.